The van der Waals surface area contributed by atoms with E-state index in [-0.39, 0.29) is 26.1 Å². The summed E-state index contributed by atoms with van der Waals surface area (Å²) in [4.78, 5) is 24.4. The zero-order valence-electron chi connectivity index (χ0n) is 14.3. The second kappa shape index (κ2) is 12.2. The molecule has 0 fully saturated rings. The maximum Gasteiger partial charge on any atom is 0.320 e. The van der Waals surface area contributed by atoms with Gasteiger partial charge in [-0.3, -0.25) is 18.4 Å². The molecule has 25 heavy (non-hydrogen) atoms. The van der Waals surface area contributed by atoms with Crippen molar-refractivity contribution in [2.75, 3.05) is 26.6 Å². The molecule has 1 atom stereocenters. The number of carbonyl (C=O) groups is 2. The molecule has 0 spiro atoms. The monoisotopic (exact) mass is 354 g/mol. The van der Waals surface area contributed by atoms with Crippen LogP contribution in [0.4, 0.5) is 8.78 Å². The van der Waals surface area contributed by atoms with Gasteiger partial charge in [-0.25, -0.2) is 0 Å². The first-order chi connectivity index (χ1) is 12.1. The minimum Gasteiger partial charge on any atom is -0.465 e. The summed E-state index contributed by atoms with van der Waals surface area (Å²) >= 11 is 0. The molecule has 0 saturated carbocycles. The molecule has 0 N–H and O–H groups in total. The Hall–Kier alpha value is -2.24. The maximum atomic E-state index is 12.2. The molecule has 0 aromatic heterocycles. The Morgan fingerprint density at radius 3 is 2.00 bits per heavy atom. The van der Waals surface area contributed by atoms with E-state index in [0.717, 1.165) is 5.56 Å². The van der Waals surface area contributed by atoms with Gasteiger partial charge in [0.25, 0.3) is 0 Å². The lowest BCUT2D eigenvalue weighted by Crippen LogP contribution is -2.33. The molecule has 0 saturated heterocycles. The summed E-state index contributed by atoms with van der Waals surface area (Å²) in [6.45, 7) is 0.277. The Labute approximate surface area is 146 Å². The van der Waals surface area contributed by atoms with Crippen molar-refractivity contribution < 1.29 is 27.8 Å². The van der Waals surface area contributed by atoms with Gasteiger partial charge in [0.2, 0.25) is 0 Å². The summed E-state index contributed by atoms with van der Waals surface area (Å²) < 4.78 is 34.2. The van der Waals surface area contributed by atoms with Gasteiger partial charge in [-0.15, -0.1) is 0 Å². The summed E-state index contributed by atoms with van der Waals surface area (Å²) in [7, 11) is 0. The largest absolute Gasteiger partial charge is 0.465 e. The van der Waals surface area contributed by atoms with Crippen LogP contribution in [0.25, 0.3) is 6.08 Å². The lowest BCUT2D eigenvalue weighted by atomic mass is 9.93. The smallest absolute Gasteiger partial charge is 0.320 e. The number of benzene rings is 1. The summed E-state index contributed by atoms with van der Waals surface area (Å²) in [6.07, 6.45) is 3.65. The molecule has 0 aliphatic carbocycles. The molecule has 0 aliphatic heterocycles. The van der Waals surface area contributed by atoms with Crippen LogP contribution in [0.2, 0.25) is 0 Å². The Balaban J connectivity index is 2.78. The standard InChI is InChI=1S/C19H24F2O4/c1-15(9-10-16-7-3-2-4-8-16)17(18(22)24-13-5-11-20)19(23)25-14-6-12-21/h2-4,7-10,15,17H,5-6,11-14H2,1H3/b10-9+/t15-/m1/s1. The number of allylic oxidation sites excluding steroid dienone is 1. The molecule has 0 unspecified atom stereocenters. The topological polar surface area (TPSA) is 52.6 Å². The molecule has 1 aromatic carbocycles. The molecule has 0 aliphatic rings. The summed E-state index contributed by atoms with van der Waals surface area (Å²) in [5, 5.41) is 0. The van der Waals surface area contributed by atoms with Gasteiger partial charge in [0.15, 0.2) is 5.92 Å². The molecular weight excluding hydrogens is 330 g/mol. The molecule has 1 aromatic rings. The second-order valence-electron chi connectivity index (χ2n) is 5.53. The van der Waals surface area contributed by atoms with Gasteiger partial charge in [0.05, 0.1) is 26.6 Å². The maximum absolute atomic E-state index is 12.2. The third kappa shape index (κ3) is 7.92. The highest BCUT2D eigenvalue weighted by molar-refractivity contribution is 5.95. The van der Waals surface area contributed by atoms with Crippen LogP contribution in [0.5, 0.6) is 0 Å². The molecular formula is C19H24F2O4. The van der Waals surface area contributed by atoms with Crippen molar-refractivity contribution in [1.29, 1.82) is 0 Å². The van der Waals surface area contributed by atoms with Crippen LogP contribution in [-0.2, 0) is 19.1 Å². The molecule has 0 bridgehead atoms. The van der Waals surface area contributed by atoms with E-state index in [1.807, 2.05) is 30.3 Å². The second-order valence-corrected chi connectivity index (χ2v) is 5.53. The van der Waals surface area contributed by atoms with E-state index in [4.69, 9.17) is 9.47 Å². The Kier molecular flexibility index (Phi) is 10.1. The van der Waals surface area contributed by atoms with Crippen molar-refractivity contribution in [3.05, 3.63) is 42.0 Å². The van der Waals surface area contributed by atoms with E-state index in [9.17, 15) is 18.4 Å². The van der Waals surface area contributed by atoms with Crippen molar-refractivity contribution in [3.63, 3.8) is 0 Å². The zero-order valence-corrected chi connectivity index (χ0v) is 14.3. The number of rotatable bonds is 11. The van der Waals surface area contributed by atoms with Crippen LogP contribution >= 0.6 is 0 Å². The van der Waals surface area contributed by atoms with Gasteiger partial charge >= 0.3 is 11.9 Å². The quantitative estimate of drug-likeness (QED) is 0.345. The molecule has 0 amide bonds. The van der Waals surface area contributed by atoms with Crippen LogP contribution in [0.15, 0.2) is 36.4 Å². The van der Waals surface area contributed by atoms with E-state index in [0.29, 0.717) is 0 Å². The van der Waals surface area contributed by atoms with E-state index in [1.165, 1.54) is 0 Å². The van der Waals surface area contributed by atoms with Crippen molar-refractivity contribution in [2.24, 2.45) is 11.8 Å². The summed E-state index contributed by atoms with van der Waals surface area (Å²) in [6, 6.07) is 9.40. The Morgan fingerprint density at radius 1 is 1.00 bits per heavy atom. The van der Waals surface area contributed by atoms with E-state index >= 15 is 0 Å². The fraction of sp³-hybridized carbons (Fsp3) is 0.474. The zero-order chi connectivity index (χ0) is 18.5. The first-order valence-corrected chi connectivity index (χ1v) is 8.28. The number of hydrogen-bond acceptors (Lipinski definition) is 4. The molecule has 4 nitrogen and oxygen atoms in total. The van der Waals surface area contributed by atoms with Crippen LogP contribution in [0.3, 0.4) is 0 Å². The Bertz CT molecular complexity index is 524. The third-order valence-electron chi connectivity index (χ3n) is 3.47. The van der Waals surface area contributed by atoms with Crippen LogP contribution in [-0.4, -0.2) is 38.5 Å². The number of esters is 2. The first-order valence-electron chi connectivity index (χ1n) is 8.28. The summed E-state index contributed by atoms with van der Waals surface area (Å²) in [5.74, 6) is -3.18. The van der Waals surface area contributed by atoms with Gasteiger partial charge in [-0.2, -0.15) is 0 Å². The van der Waals surface area contributed by atoms with Crippen molar-refractivity contribution in [1.82, 2.24) is 0 Å². The third-order valence-corrected chi connectivity index (χ3v) is 3.47. The lowest BCUT2D eigenvalue weighted by Gasteiger charge is -2.19. The molecule has 1 rings (SSSR count). The number of halogens is 2. The Morgan fingerprint density at radius 2 is 1.52 bits per heavy atom. The minimum atomic E-state index is -1.17. The van der Waals surface area contributed by atoms with Gasteiger partial charge < -0.3 is 9.47 Å². The van der Waals surface area contributed by atoms with Crippen molar-refractivity contribution >= 4 is 18.0 Å². The van der Waals surface area contributed by atoms with Gasteiger partial charge in [0.1, 0.15) is 0 Å². The van der Waals surface area contributed by atoms with Crippen LogP contribution in [0.1, 0.15) is 25.3 Å². The number of hydrogen-bond donors (Lipinski definition) is 0. The highest BCUT2D eigenvalue weighted by Crippen LogP contribution is 2.19. The lowest BCUT2D eigenvalue weighted by molar-refractivity contribution is -0.164. The molecule has 0 radical (unpaired) electrons. The SMILES string of the molecule is C[C@H](/C=C/c1ccccc1)C(C(=O)OCCCF)C(=O)OCCCF. The normalized spacial score (nSPS) is 12.3. The highest BCUT2D eigenvalue weighted by atomic mass is 19.1. The first kappa shape index (κ1) is 20.8. The predicted molar refractivity (Wildman–Crippen MR) is 91.2 cm³/mol. The fourth-order valence-corrected chi connectivity index (χ4v) is 2.10. The van der Waals surface area contributed by atoms with E-state index < -0.39 is 37.1 Å². The number of alkyl halides is 2. The fourth-order valence-electron chi connectivity index (χ4n) is 2.10. The van der Waals surface area contributed by atoms with Gasteiger partial charge in [0, 0.05) is 12.8 Å². The van der Waals surface area contributed by atoms with E-state index in [1.54, 1.807) is 19.1 Å². The van der Waals surface area contributed by atoms with Crippen molar-refractivity contribution in [3.8, 4) is 0 Å². The minimum absolute atomic E-state index is 0.0730. The van der Waals surface area contributed by atoms with Crippen molar-refractivity contribution in [2.45, 2.75) is 19.8 Å². The molecule has 138 valence electrons. The van der Waals surface area contributed by atoms with Crippen LogP contribution in [0, 0.1) is 11.8 Å². The van der Waals surface area contributed by atoms with Gasteiger partial charge in [-0.05, 0) is 11.5 Å². The van der Waals surface area contributed by atoms with Crippen LogP contribution < -0.4 is 0 Å². The molecule has 6 heteroatoms. The average Bonchev–Trinajstić information content (AvgIpc) is 2.61. The number of ether oxygens (including phenoxy) is 2. The molecule has 0 heterocycles. The average molecular weight is 354 g/mol. The van der Waals surface area contributed by atoms with Gasteiger partial charge in [-0.1, -0.05) is 49.4 Å². The number of carbonyl (C=O) groups excluding carboxylic acids is 2. The highest BCUT2D eigenvalue weighted by Gasteiger charge is 2.34. The summed E-state index contributed by atoms with van der Waals surface area (Å²) in [5.41, 5.74) is 0.921. The predicted octanol–water partition coefficient (Wildman–Crippen LogP) is 3.76. The van der Waals surface area contributed by atoms with E-state index in [2.05, 4.69) is 0 Å².